The van der Waals surface area contributed by atoms with Crippen LogP contribution in [0.5, 0.6) is 0 Å². The van der Waals surface area contributed by atoms with Crippen molar-refractivity contribution in [2.45, 2.75) is 45.8 Å². The molecule has 0 heterocycles. The third-order valence-electron chi connectivity index (χ3n) is 2.64. The van der Waals surface area contributed by atoms with Gasteiger partial charge in [-0.3, -0.25) is 4.79 Å². The van der Waals surface area contributed by atoms with Crippen molar-refractivity contribution in [1.29, 1.82) is 0 Å². The van der Waals surface area contributed by atoms with Gasteiger partial charge in [-0.15, -0.1) is 0 Å². The highest BCUT2D eigenvalue weighted by atomic mass is 16.6. The van der Waals surface area contributed by atoms with Gasteiger partial charge < -0.3 is 9.84 Å². The van der Waals surface area contributed by atoms with Crippen LogP contribution in [-0.2, 0) is 16.0 Å². The summed E-state index contributed by atoms with van der Waals surface area (Å²) < 4.78 is 5.26. The molecule has 0 aliphatic rings. The zero-order chi connectivity index (χ0) is 13.8. The van der Waals surface area contributed by atoms with Crippen LogP contribution in [0.3, 0.4) is 0 Å². The lowest BCUT2D eigenvalue weighted by atomic mass is 9.97. The van der Waals surface area contributed by atoms with Gasteiger partial charge in [0, 0.05) is 0 Å². The van der Waals surface area contributed by atoms with Crippen LogP contribution < -0.4 is 0 Å². The lowest BCUT2D eigenvalue weighted by Gasteiger charge is -2.24. The third-order valence-corrected chi connectivity index (χ3v) is 2.64. The predicted octanol–water partition coefficient (Wildman–Crippen LogP) is 2.57. The van der Waals surface area contributed by atoms with Gasteiger partial charge in [0.25, 0.3) is 0 Å². The van der Waals surface area contributed by atoms with Gasteiger partial charge in [-0.05, 0) is 39.7 Å². The SMILES string of the molecule is CC(C(=O)OC(C)(C)C)C(O)Cc1ccccc1. The van der Waals surface area contributed by atoms with Crippen LogP contribution in [0, 0.1) is 5.92 Å². The summed E-state index contributed by atoms with van der Waals surface area (Å²) in [5.74, 6) is -0.879. The van der Waals surface area contributed by atoms with E-state index >= 15 is 0 Å². The van der Waals surface area contributed by atoms with E-state index in [4.69, 9.17) is 4.74 Å². The first-order chi connectivity index (χ1) is 8.29. The summed E-state index contributed by atoms with van der Waals surface area (Å²) in [6, 6.07) is 9.63. The minimum absolute atomic E-state index is 0.356. The topological polar surface area (TPSA) is 46.5 Å². The first-order valence-corrected chi connectivity index (χ1v) is 6.24. The van der Waals surface area contributed by atoms with Gasteiger partial charge in [0.2, 0.25) is 0 Å². The Balaban J connectivity index is 2.56. The fourth-order valence-corrected chi connectivity index (χ4v) is 1.58. The number of hydrogen-bond acceptors (Lipinski definition) is 3. The summed E-state index contributed by atoms with van der Waals surface area (Å²) in [4.78, 5) is 11.8. The van der Waals surface area contributed by atoms with Crippen LogP contribution in [0.25, 0.3) is 0 Å². The lowest BCUT2D eigenvalue weighted by Crippen LogP contribution is -2.34. The van der Waals surface area contributed by atoms with Crippen LogP contribution >= 0.6 is 0 Å². The Bertz CT molecular complexity index is 378. The van der Waals surface area contributed by atoms with Crippen molar-refractivity contribution in [3.05, 3.63) is 35.9 Å². The van der Waals surface area contributed by atoms with Gasteiger partial charge in [0.15, 0.2) is 0 Å². The molecule has 0 aliphatic carbocycles. The Morgan fingerprint density at radius 1 is 1.28 bits per heavy atom. The minimum atomic E-state index is -0.720. The van der Waals surface area contributed by atoms with Gasteiger partial charge in [-0.1, -0.05) is 30.3 Å². The van der Waals surface area contributed by atoms with Crippen LogP contribution in [-0.4, -0.2) is 22.8 Å². The van der Waals surface area contributed by atoms with Gasteiger partial charge >= 0.3 is 5.97 Å². The summed E-state index contributed by atoms with van der Waals surface area (Å²) in [5.41, 5.74) is 0.498. The minimum Gasteiger partial charge on any atom is -0.460 e. The van der Waals surface area contributed by atoms with Crippen molar-refractivity contribution >= 4 is 5.97 Å². The molecule has 18 heavy (non-hydrogen) atoms. The number of carbonyl (C=O) groups excluding carboxylic acids is 1. The fraction of sp³-hybridized carbons (Fsp3) is 0.533. The van der Waals surface area contributed by atoms with Gasteiger partial charge in [-0.25, -0.2) is 0 Å². The normalized spacial score (nSPS) is 14.9. The van der Waals surface area contributed by atoms with Crippen molar-refractivity contribution in [1.82, 2.24) is 0 Å². The van der Waals surface area contributed by atoms with Crippen molar-refractivity contribution in [3.63, 3.8) is 0 Å². The number of rotatable bonds is 4. The first-order valence-electron chi connectivity index (χ1n) is 6.24. The van der Waals surface area contributed by atoms with E-state index in [1.807, 2.05) is 51.1 Å². The molecular weight excluding hydrogens is 228 g/mol. The molecule has 2 unspecified atom stereocenters. The zero-order valence-corrected chi connectivity index (χ0v) is 11.5. The second kappa shape index (κ2) is 6.01. The number of esters is 1. The number of benzene rings is 1. The Labute approximate surface area is 109 Å². The molecule has 0 radical (unpaired) electrons. The van der Waals surface area contributed by atoms with Crippen molar-refractivity contribution in [2.24, 2.45) is 5.92 Å². The highest BCUT2D eigenvalue weighted by Gasteiger charge is 2.27. The van der Waals surface area contributed by atoms with Gasteiger partial charge in [0.05, 0.1) is 12.0 Å². The van der Waals surface area contributed by atoms with E-state index in [1.165, 1.54) is 0 Å². The fourth-order valence-electron chi connectivity index (χ4n) is 1.58. The smallest absolute Gasteiger partial charge is 0.311 e. The van der Waals surface area contributed by atoms with E-state index in [9.17, 15) is 9.90 Å². The second-order valence-electron chi connectivity index (χ2n) is 5.58. The monoisotopic (exact) mass is 250 g/mol. The zero-order valence-electron chi connectivity index (χ0n) is 11.5. The molecule has 1 rings (SSSR count). The summed E-state index contributed by atoms with van der Waals surface area (Å²) in [6.07, 6.45) is -0.261. The van der Waals surface area contributed by atoms with E-state index in [0.29, 0.717) is 6.42 Å². The molecule has 0 fully saturated rings. The molecule has 2 atom stereocenters. The molecule has 0 bridgehead atoms. The summed E-state index contributed by atoms with van der Waals surface area (Å²) in [6.45, 7) is 7.16. The Hall–Kier alpha value is -1.35. The Morgan fingerprint density at radius 2 is 1.83 bits per heavy atom. The molecule has 1 aromatic rings. The number of carbonyl (C=O) groups is 1. The average Bonchev–Trinajstić information content (AvgIpc) is 2.27. The maximum absolute atomic E-state index is 11.8. The lowest BCUT2D eigenvalue weighted by molar-refractivity contribution is -0.163. The molecule has 0 amide bonds. The van der Waals surface area contributed by atoms with E-state index in [0.717, 1.165) is 5.56 Å². The highest BCUT2D eigenvalue weighted by Crippen LogP contribution is 2.16. The van der Waals surface area contributed by atoms with Crippen LogP contribution in [0.2, 0.25) is 0 Å². The second-order valence-corrected chi connectivity index (χ2v) is 5.58. The largest absolute Gasteiger partial charge is 0.460 e. The molecule has 0 aromatic heterocycles. The number of hydrogen-bond donors (Lipinski definition) is 1. The third kappa shape index (κ3) is 4.88. The highest BCUT2D eigenvalue weighted by molar-refractivity contribution is 5.73. The molecule has 0 saturated carbocycles. The van der Waals surface area contributed by atoms with Crippen molar-refractivity contribution in [2.75, 3.05) is 0 Å². The first kappa shape index (κ1) is 14.7. The molecule has 0 aliphatic heterocycles. The molecule has 0 saturated heterocycles. The Morgan fingerprint density at radius 3 is 2.33 bits per heavy atom. The quantitative estimate of drug-likeness (QED) is 0.835. The van der Waals surface area contributed by atoms with Crippen molar-refractivity contribution < 1.29 is 14.6 Å². The maximum Gasteiger partial charge on any atom is 0.311 e. The van der Waals surface area contributed by atoms with E-state index in [1.54, 1.807) is 6.92 Å². The molecule has 1 aromatic carbocycles. The van der Waals surface area contributed by atoms with E-state index in [-0.39, 0.29) is 5.97 Å². The number of aliphatic hydroxyl groups excluding tert-OH is 1. The average molecular weight is 250 g/mol. The standard InChI is InChI=1S/C15H22O3/c1-11(14(17)18-15(2,3)4)13(16)10-12-8-6-5-7-9-12/h5-9,11,13,16H,10H2,1-4H3. The van der Waals surface area contributed by atoms with Gasteiger partial charge in [0.1, 0.15) is 5.60 Å². The molecule has 3 nitrogen and oxygen atoms in total. The number of aliphatic hydroxyl groups is 1. The molecule has 3 heteroatoms. The molecule has 100 valence electrons. The summed E-state index contributed by atoms with van der Waals surface area (Å²) >= 11 is 0. The van der Waals surface area contributed by atoms with E-state index in [2.05, 4.69) is 0 Å². The van der Waals surface area contributed by atoms with Crippen LogP contribution in [0.4, 0.5) is 0 Å². The van der Waals surface area contributed by atoms with Gasteiger partial charge in [-0.2, -0.15) is 0 Å². The van der Waals surface area contributed by atoms with Crippen LogP contribution in [0.15, 0.2) is 30.3 Å². The molecular formula is C15H22O3. The summed E-state index contributed by atoms with van der Waals surface area (Å²) in [5, 5.41) is 10.0. The number of ether oxygens (including phenoxy) is 1. The predicted molar refractivity (Wildman–Crippen MR) is 71.2 cm³/mol. The van der Waals surface area contributed by atoms with E-state index < -0.39 is 17.6 Å². The summed E-state index contributed by atoms with van der Waals surface area (Å²) in [7, 11) is 0. The maximum atomic E-state index is 11.8. The Kier molecular flexibility index (Phi) is 4.91. The molecule has 1 N–H and O–H groups in total. The molecule has 0 spiro atoms. The van der Waals surface area contributed by atoms with Crippen molar-refractivity contribution in [3.8, 4) is 0 Å². The van der Waals surface area contributed by atoms with Crippen LogP contribution in [0.1, 0.15) is 33.3 Å².